The van der Waals surface area contributed by atoms with Crippen LogP contribution in [0.3, 0.4) is 0 Å². The van der Waals surface area contributed by atoms with Gasteiger partial charge in [0.25, 0.3) is 0 Å². The van der Waals surface area contributed by atoms with Crippen LogP contribution in [-0.4, -0.2) is 17.9 Å². The maximum Gasteiger partial charge on any atom is 0.224 e. The van der Waals surface area contributed by atoms with Crippen molar-refractivity contribution in [3.05, 3.63) is 16.4 Å². The van der Waals surface area contributed by atoms with Gasteiger partial charge in [-0.05, 0) is 0 Å². The molecule has 0 bridgehead atoms. The third kappa shape index (κ3) is 2.97. The van der Waals surface area contributed by atoms with Crippen LogP contribution in [0.2, 0.25) is 10.3 Å². The van der Waals surface area contributed by atoms with Crippen molar-refractivity contribution in [2.45, 2.75) is 13.3 Å². The van der Waals surface area contributed by atoms with Gasteiger partial charge in [-0.25, -0.2) is 4.98 Å². The lowest BCUT2D eigenvalue weighted by molar-refractivity contribution is -0.115. The van der Waals surface area contributed by atoms with Gasteiger partial charge in [0.05, 0.1) is 5.69 Å². The maximum atomic E-state index is 11.2. The number of pyridine rings is 1. The molecule has 4 nitrogen and oxygen atoms in total. The fourth-order valence-corrected chi connectivity index (χ4v) is 1.51. The molecule has 6 heteroatoms. The van der Waals surface area contributed by atoms with E-state index in [1.54, 1.807) is 20.0 Å². The molecule has 0 spiro atoms. The van der Waals surface area contributed by atoms with Crippen molar-refractivity contribution >= 4 is 40.5 Å². The zero-order valence-corrected chi connectivity index (χ0v) is 9.91. The summed E-state index contributed by atoms with van der Waals surface area (Å²) >= 11 is 11.6. The van der Waals surface area contributed by atoms with Crippen LogP contribution in [0.25, 0.3) is 0 Å². The summed E-state index contributed by atoms with van der Waals surface area (Å²) in [5.41, 5.74) is 1.09. The molecule has 0 fully saturated rings. The minimum absolute atomic E-state index is 0.127. The van der Waals surface area contributed by atoms with Gasteiger partial charge in [0.1, 0.15) is 10.8 Å². The summed E-state index contributed by atoms with van der Waals surface area (Å²) in [5.74, 6) is -0.127. The lowest BCUT2D eigenvalue weighted by Crippen LogP contribution is -2.12. The van der Waals surface area contributed by atoms with Crippen molar-refractivity contribution in [2.75, 3.05) is 17.7 Å². The highest BCUT2D eigenvalue weighted by Crippen LogP contribution is 2.31. The van der Waals surface area contributed by atoms with Crippen LogP contribution in [0.5, 0.6) is 0 Å². The normalized spacial score (nSPS) is 9.87. The number of aromatic nitrogens is 1. The van der Waals surface area contributed by atoms with E-state index in [0.29, 0.717) is 17.8 Å². The average molecular weight is 248 g/mol. The Morgan fingerprint density at radius 3 is 2.73 bits per heavy atom. The summed E-state index contributed by atoms with van der Waals surface area (Å²) in [4.78, 5) is 15.1. The third-order valence-corrected chi connectivity index (χ3v) is 2.27. The summed E-state index contributed by atoms with van der Waals surface area (Å²) in [6.07, 6.45) is 0.377. The number of carbonyl (C=O) groups excluding carboxylic acids is 1. The standard InChI is InChI=1S/C9H11Cl2N3O/c1-3-7(15)14-8-5(12-2)4-6(10)13-9(8)11/h4H,3H2,1-2H3,(H,12,13)(H,14,15). The van der Waals surface area contributed by atoms with Gasteiger partial charge in [0.2, 0.25) is 5.91 Å². The summed E-state index contributed by atoms with van der Waals surface area (Å²) < 4.78 is 0. The van der Waals surface area contributed by atoms with E-state index in [2.05, 4.69) is 15.6 Å². The molecule has 1 heterocycles. The molecule has 1 rings (SSSR count). The first-order valence-corrected chi connectivity index (χ1v) is 5.17. The van der Waals surface area contributed by atoms with Gasteiger partial charge in [-0.15, -0.1) is 0 Å². The Balaban J connectivity index is 3.09. The second kappa shape index (κ2) is 5.19. The van der Waals surface area contributed by atoms with Crippen molar-refractivity contribution in [2.24, 2.45) is 0 Å². The first kappa shape index (κ1) is 12.1. The molecule has 0 aliphatic heterocycles. The number of rotatable bonds is 3. The second-order valence-electron chi connectivity index (χ2n) is 2.81. The Morgan fingerprint density at radius 1 is 1.53 bits per heavy atom. The summed E-state index contributed by atoms with van der Waals surface area (Å²) in [6.45, 7) is 1.76. The smallest absolute Gasteiger partial charge is 0.224 e. The monoisotopic (exact) mass is 247 g/mol. The molecule has 0 unspecified atom stereocenters. The van der Waals surface area contributed by atoms with Crippen molar-refractivity contribution in [3.63, 3.8) is 0 Å². The van der Waals surface area contributed by atoms with E-state index in [0.717, 1.165) is 0 Å². The molecule has 0 radical (unpaired) electrons. The average Bonchev–Trinajstić information content (AvgIpc) is 2.21. The molecule has 0 saturated heterocycles. The minimum atomic E-state index is -0.127. The van der Waals surface area contributed by atoms with E-state index < -0.39 is 0 Å². The molecule has 1 aromatic heterocycles. The van der Waals surface area contributed by atoms with Crippen molar-refractivity contribution in [1.29, 1.82) is 0 Å². The molecule has 0 saturated carbocycles. The van der Waals surface area contributed by atoms with Crippen LogP contribution in [0.15, 0.2) is 6.07 Å². The number of hydrogen-bond acceptors (Lipinski definition) is 3. The summed E-state index contributed by atoms with van der Waals surface area (Å²) in [5, 5.41) is 5.99. The number of nitrogens with one attached hydrogen (secondary N) is 2. The van der Waals surface area contributed by atoms with Crippen molar-refractivity contribution in [1.82, 2.24) is 4.98 Å². The lowest BCUT2D eigenvalue weighted by atomic mass is 10.3. The van der Waals surface area contributed by atoms with Crippen LogP contribution < -0.4 is 10.6 Å². The fourth-order valence-electron chi connectivity index (χ4n) is 1.03. The van der Waals surface area contributed by atoms with E-state index in [1.165, 1.54) is 0 Å². The molecule has 1 aromatic rings. The van der Waals surface area contributed by atoms with Crippen LogP contribution in [-0.2, 0) is 4.79 Å². The highest BCUT2D eigenvalue weighted by Gasteiger charge is 2.11. The van der Waals surface area contributed by atoms with E-state index in [9.17, 15) is 4.79 Å². The number of anilines is 2. The molecule has 15 heavy (non-hydrogen) atoms. The first-order chi connectivity index (χ1) is 7.08. The van der Waals surface area contributed by atoms with E-state index >= 15 is 0 Å². The molecule has 0 aromatic carbocycles. The quantitative estimate of drug-likeness (QED) is 0.808. The van der Waals surface area contributed by atoms with Crippen molar-refractivity contribution in [3.8, 4) is 0 Å². The third-order valence-electron chi connectivity index (χ3n) is 1.80. The number of carbonyl (C=O) groups is 1. The minimum Gasteiger partial charge on any atom is -0.386 e. The van der Waals surface area contributed by atoms with E-state index in [1.807, 2.05) is 0 Å². The zero-order chi connectivity index (χ0) is 11.4. The Bertz CT molecular complexity index is 382. The van der Waals surface area contributed by atoms with Crippen molar-refractivity contribution < 1.29 is 4.79 Å². The molecular formula is C9H11Cl2N3O. The fraction of sp³-hybridized carbons (Fsp3) is 0.333. The van der Waals surface area contributed by atoms with Crippen LogP contribution >= 0.6 is 23.2 Å². The predicted molar refractivity (Wildman–Crippen MR) is 62.7 cm³/mol. The SMILES string of the molecule is CCC(=O)Nc1c(NC)cc(Cl)nc1Cl. The van der Waals surface area contributed by atoms with Crippen LogP contribution in [0.1, 0.15) is 13.3 Å². The summed E-state index contributed by atoms with van der Waals surface area (Å²) in [6, 6.07) is 1.60. The van der Waals surface area contributed by atoms with Gasteiger partial charge in [-0.3, -0.25) is 4.79 Å². The number of halogens is 2. The van der Waals surface area contributed by atoms with Crippen LogP contribution in [0, 0.1) is 0 Å². The second-order valence-corrected chi connectivity index (χ2v) is 3.56. The van der Waals surface area contributed by atoms with Gasteiger partial charge >= 0.3 is 0 Å². The Labute approximate surface area is 98.0 Å². The lowest BCUT2D eigenvalue weighted by Gasteiger charge is -2.11. The van der Waals surface area contributed by atoms with Gasteiger partial charge in [-0.2, -0.15) is 0 Å². The molecule has 0 aliphatic rings. The van der Waals surface area contributed by atoms with Crippen LogP contribution in [0.4, 0.5) is 11.4 Å². The Hall–Kier alpha value is -1.00. The number of amides is 1. The van der Waals surface area contributed by atoms with Gasteiger partial charge in [0.15, 0.2) is 5.15 Å². The Kier molecular flexibility index (Phi) is 4.17. The molecule has 82 valence electrons. The molecule has 1 amide bonds. The van der Waals surface area contributed by atoms with E-state index in [-0.39, 0.29) is 16.2 Å². The molecule has 0 aliphatic carbocycles. The highest BCUT2D eigenvalue weighted by atomic mass is 35.5. The largest absolute Gasteiger partial charge is 0.386 e. The topological polar surface area (TPSA) is 54.0 Å². The highest BCUT2D eigenvalue weighted by molar-refractivity contribution is 6.35. The molecule has 2 N–H and O–H groups in total. The number of nitrogens with zero attached hydrogens (tertiary/aromatic N) is 1. The first-order valence-electron chi connectivity index (χ1n) is 4.42. The number of hydrogen-bond donors (Lipinski definition) is 2. The molecule has 0 atom stereocenters. The Morgan fingerprint density at radius 2 is 2.20 bits per heavy atom. The molecular weight excluding hydrogens is 237 g/mol. The van der Waals surface area contributed by atoms with Gasteiger partial charge in [0, 0.05) is 19.5 Å². The van der Waals surface area contributed by atoms with E-state index in [4.69, 9.17) is 23.2 Å². The maximum absolute atomic E-state index is 11.2. The zero-order valence-electron chi connectivity index (χ0n) is 8.40. The van der Waals surface area contributed by atoms with Gasteiger partial charge < -0.3 is 10.6 Å². The van der Waals surface area contributed by atoms with Gasteiger partial charge in [-0.1, -0.05) is 30.1 Å². The summed E-state index contributed by atoms with van der Waals surface area (Å²) in [7, 11) is 1.71. The predicted octanol–water partition coefficient (Wildman–Crippen LogP) is 2.78.